The highest BCUT2D eigenvalue weighted by molar-refractivity contribution is 5.84. The van der Waals surface area contributed by atoms with Gasteiger partial charge >= 0.3 is 5.97 Å². The van der Waals surface area contributed by atoms with Gasteiger partial charge in [0.25, 0.3) is 0 Å². The number of ether oxygens (including phenoxy) is 1. The van der Waals surface area contributed by atoms with E-state index in [4.69, 9.17) is 4.74 Å². The lowest BCUT2D eigenvalue weighted by atomic mass is 9.78. The van der Waals surface area contributed by atoms with Crippen LogP contribution in [0.5, 0.6) is 5.75 Å². The van der Waals surface area contributed by atoms with Crippen LogP contribution in [0, 0.1) is 11.8 Å². The molecule has 0 spiro atoms. The summed E-state index contributed by atoms with van der Waals surface area (Å²) in [5, 5.41) is 12.2. The number of nitrogens with one attached hydrogen (secondary N) is 1. The number of hydrogen-bond acceptors (Lipinski definition) is 4. The Hall–Kier alpha value is -2.08. The number of rotatable bonds is 8. The van der Waals surface area contributed by atoms with Gasteiger partial charge in [-0.1, -0.05) is 31.4 Å². The highest BCUT2D eigenvalue weighted by Crippen LogP contribution is 2.30. The van der Waals surface area contributed by atoms with E-state index in [1.165, 1.54) is 32.4 Å². The minimum atomic E-state index is -0.856. The smallest absolute Gasteiger partial charge is 0.307 e. The van der Waals surface area contributed by atoms with Crippen molar-refractivity contribution in [3.8, 4) is 5.75 Å². The molecule has 1 heterocycles. The first kappa shape index (κ1) is 20.6. The van der Waals surface area contributed by atoms with Gasteiger partial charge in [0, 0.05) is 13.1 Å². The number of hydrogen-bond donors (Lipinski definition) is 2. The minimum absolute atomic E-state index is 0.144. The second kappa shape index (κ2) is 10.5. The summed E-state index contributed by atoms with van der Waals surface area (Å²) in [5.41, 5.74) is 0.986. The van der Waals surface area contributed by atoms with Crippen LogP contribution >= 0.6 is 0 Å². The molecule has 0 radical (unpaired) electrons. The zero-order valence-electron chi connectivity index (χ0n) is 16.6. The molecule has 2 atom stereocenters. The predicted octanol–water partition coefficient (Wildman–Crippen LogP) is 3.06. The number of carboxylic acids is 1. The van der Waals surface area contributed by atoms with Crippen LogP contribution in [0.15, 0.2) is 24.3 Å². The molecular weight excluding hydrogens is 356 g/mol. The van der Waals surface area contributed by atoms with Crippen LogP contribution in [-0.4, -0.2) is 48.1 Å². The first-order valence-electron chi connectivity index (χ1n) is 10.6. The standard InChI is InChI=1S/C22H32N2O4/c25-21(19-6-2-3-7-20(19)22(26)27)23-16-17-8-10-18(11-9-17)28-15-14-24-12-4-1-5-13-24/h8-11,19-20H,1-7,12-16H2,(H,23,25)(H,26,27). The molecule has 2 N–H and O–H groups in total. The van der Waals surface area contributed by atoms with Crippen LogP contribution in [0.1, 0.15) is 50.5 Å². The monoisotopic (exact) mass is 388 g/mol. The summed E-state index contributed by atoms with van der Waals surface area (Å²) >= 11 is 0. The first-order valence-corrected chi connectivity index (χ1v) is 10.6. The molecule has 1 aliphatic heterocycles. The Morgan fingerprint density at radius 1 is 1.00 bits per heavy atom. The number of piperidine rings is 1. The van der Waals surface area contributed by atoms with E-state index in [-0.39, 0.29) is 5.91 Å². The van der Waals surface area contributed by atoms with Crippen LogP contribution in [0.4, 0.5) is 0 Å². The summed E-state index contributed by atoms with van der Waals surface area (Å²) in [6, 6.07) is 7.76. The molecular formula is C22H32N2O4. The molecule has 3 rings (SSSR count). The second-order valence-electron chi connectivity index (χ2n) is 7.95. The molecule has 2 aliphatic rings. The highest BCUT2D eigenvalue weighted by Gasteiger charge is 2.35. The van der Waals surface area contributed by atoms with Crippen molar-refractivity contribution >= 4 is 11.9 Å². The Morgan fingerprint density at radius 3 is 2.36 bits per heavy atom. The maximum absolute atomic E-state index is 12.4. The maximum Gasteiger partial charge on any atom is 0.307 e. The molecule has 2 unspecified atom stereocenters. The Bertz CT molecular complexity index is 640. The van der Waals surface area contributed by atoms with Crippen LogP contribution in [0.25, 0.3) is 0 Å². The quantitative estimate of drug-likeness (QED) is 0.716. The van der Waals surface area contributed by atoms with Gasteiger partial charge in [0.2, 0.25) is 5.91 Å². The molecule has 154 valence electrons. The zero-order chi connectivity index (χ0) is 19.8. The molecule has 6 heteroatoms. The zero-order valence-corrected chi connectivity index (χ0v) is 16.6. The lowest BCUT2D eigenvalue weighted by Crippen LogP contribution is -2.39. The van der Waals surface area contributed by atoms with Crippen molar-refractivity contribution in [3.63, 3.8) is 0 Å². The molecule has 1 aromatic carbocycles. The fourth-order valence-corrected chi connectivity index (χ4v) is 4.24. The number of aliphatic carboxylic acids is 1. The van der Waals surface area contributed by atoms with Crippen molar-refractivity contribution in [2.75, 3.05) is 26.2 Å². The van der Waals surface area contributed by atoms with Gasteiger partial charge in [-0.15, -0.1) is 0 Å². The Labute approximate surface area is 167 Å². The van der Waals surface area contributed by atoms with E-state index in [0.717, 1.165) is 30.7 Å². The third-order valence-electron chi connectivity index (χ3n) is 5.93. The van der Waals surface area contributed by atoms with Crippen molar-refractivity contribution < 1.29 is 19.4 Å². The lowest BCUT2D eigenvalue weighted by Gasteiger charge is -2.27. The maximum atomic E-state index is 12.4. The van der Waals surface area contributed by atoms with Gasteiger partial charge in [-0.05, 0) is 56.5 Å². The van der Waals surface area contributed by atoms with Gasteiger partial charge in [-0.3, -0.25) is 14.5 Å². The van der Waals surface area contributed by atoms with Gasteiger partial charge in [0.15, 0.2) is 0 Å². The fourth-order valence-electron chi connectivity index (χ4n) is 4.24. The van der Waals surface area contributed by atoms with E-state index in [1.807, 2.05) is 24.3 Å². The molecule has 0 aromatic heterocycles. The third-order valence-corrected chi connectivity index (χ3v) is 5.93. The number of carboxylic acid groups (broad SMARTS) is 1. The summed E-state index contributed by atoms with van der Waals surface area (Å²) in [7, 11) is 0. The average Bonchev–Trinajstić information content (AvgIpc) is 2.73. The highest BCUT2D eigenvalue weighted by atomic mass is 16.5. The summed E-state index contributed by atoms with van der Waals surface area (Å²) in [5.74, 6) is -1.13. The number of amides is 1. The average molecular weight is 389 g/mol. The molecule has 2 fully saturated rings. The van der Waals surface area contributed by atoms with E-state index in [0.29, 0.717) is 26.0 Å². The van der Waals surface area contributed by atoms with Crippen molar-refractivity contribution in [2.24, 2.45) is 11.8 Å². The van der Waals surface area contributed by atoms with Crippen LogP contribution in [0.2, 0.25) is 0 Å². The molecule has 1 aromatic rings. The molecule has 1 saturated heterocycles. The van der Waals surface area contributed by atoms with Crippen LogP contribution < -0.4 is 10.1 Å². The Morgan fingerprint density at radius 2 is 1.68 bits per heavy atom. The van der Waals surface area contributed by atoms with E-state index >= 15 is 0 Å². The van der Waals surface area contributed by atoms with Crippen LogP contribution in [0.3, 0.4) is 0 Å². The predicted molar refractivity (Wildman–Crippen MR) is 107 cm³/mol. The molecule has 1 aliphatic carbocycles. The molecule has 1 amide bonds. The van der Waals surface area contributed by atoms with Gasteiger partial charge in [-0.25, -0.2) is 0 Å². The van der Waals surface area contributed by atoms with E-state index in [1.54, 1.807) is 0 Å². The normalized spacial score (nSPS) is 23.1. The summed E-state index contributed by atoms with van der Waals surface area (Å²) < 4.78 is 5.83. The minimum Gasteiger partial charge on any atom is -0.492 e. The van der Waals surface area contributed by atoms with Crippen molar-refractivity contribution in [1.29, 1.82) is 0 Å². The molecule has 6 nitrogen and oxygen atoms in total. The number of carbonyl (C=O) groups is 2. The Balaban J connectivity index is 1.41. The van der Waals surface area contributed by atoms with Crippen molar-refractivity contribution in [2.45, 2.75) is 51.5 Å². The Kier molecular flexibility index (Phi) is 7.71. The molecule has 0 bridgehead atoms. The van der Waals surface area contributed by atoms with Crippen LogP contribution in [-0.2, 0) is 16.1 Å². The largest absolute Gasteiger partial charge is 0.492 e. The third kappa shape index (κ3) is 5.96. The van der Waals surface area contributed by atoms with Gasteiger partial charge in [0.05, 0.1) is 11.8 Å². The summed E-state index contributed by atoms with van der Waals surface area (Å²) in [4.78, 5) is 26.3. The molecule has 28 heavy (non-hydrogen) atoms. The second-order valence-corrected chi connectivity index (χ2v) is 7.95. The van der Waals surface area contributed by atoms with Gasteiger partial charge in [0.1, 0.15) is 12.4 Å². The van der Waals surface area contributed by atoms with Gasteiger partial charge in [-0.2, -0.15) is 0 Å². The SMILES string of the molecule is O=C(O)C1CCCCC1C(=O)NCc1ccc(OCCN2CCCCC2)cc1. The fraction of sp³-hybridized carbons (Fsp3) is 0.636. The number of carbonyl (C=O) groups excluding carboxylic acids is 1. The number of nitrogens with zero attached hydrogens (tertiary/aromatic N) is 1. The van der Waals surface area contributed by atoms with Gasteiger partial charge < -0.3 is 15.2 Å². The summed E-state index contributed by atoms with van der Waals surface area (Å²) in [6.07, 6.45) is 6.98. The topological polar surface area (TPSA) is 78.9 Å². The number of benzene rings is 1. The molecule has 1 saturated carbocycles. The summed E-state index contributed by atoms with van der Waals surface area (Å²) in [6.45, 7) is 4.41. The lowest BCUT2D eigenvalue weighted by molar-refractivity contribution is -0.148. The van der Waals surface area contributed by atoms with E-state index in [2.05, 4.69) is 10.2 Å². The first-order chi connectivity index (χ1) is 13.6. The van der Waals surface area contributed by atoms with Crippen molar-refractivity contribution in [1.82, 2.24) is 10.2 Å². The van der Waals surface area contributed by atoms with E-state index < -0.39 is 17.8 Å². The van der Waals surface area contributed by atoms with Crippen molar-refractivity contribution in [3.05, 3.63) is 29.8 Å². The number of likely N-dealkylation sites (tertiary alicyclic amines) is 1. The van der Waals surface area contributed by atoms with E-state index in [9.17, 15) is 14.7 Å².